The van der Waals surface area contributed by atoms with Crippen molar-refractivity contribution in [3.8, 4) is 5.75 Å². The maximum Gasteiger partial charge on any atom is 0.227 e. The maximum atomic E-state index is 14.2. The second-order valence-electron chi connectivity index (χ2n) is 6.71. The number of fused-ring (bicyclic) bond motifs is 2. The molecule has 0 spiro atoms. The fraction of sp³-hybridized carbons (Fsp3) is 0.130. The Morgan fingerprint density at radius 1 is 1.00 bits per heavy atom. The van der Waals surface area contributed by atoms with E-state index in [9.17, 15) is 4.39 Å². The van der Waals surface area contributed by atoms with E-state index in [1.54, 1.807) is 18.1 Å². The molecule has 0 bridgehead atoms. The highest BCUT2D eigenvalue weighted by Crippen LogP contribution is 2.39. The van der Waals surface area contributed by atoms with Crippen LogP contribution in [0.4, 0.5) is 4.39 Å². The Kier molecular flexibility index (Phi) is 4.87. The predicted molar refractivity (Wildman–Crippen MR) is 110 cm³/mol. The summed E-state index contributed by atoms with van der Waals surface area (Å²) in [6, 6.07) is 20.6. The first-order chi connectivity index (χ1) is 14.3. The second kappa shape index (κ2) is 7.81. The SMILES string of the molecule is Fc1cc2c(c(CSc3ncnc4ccccc34)c1)O[C@@H](c1ccccc1)OC2. The van der Waals surface area contributed by atoms with Crippen LogP contribution in [0.15, 0.2) is 78.1 Å². The number of para-hydroxylation sites is 1. The van der Waals surface area contributed by atoms with E-state index < -0.39 is 6.29 Å². The van der Waals surface area contributed by atoms with Gasteiger partial charge < -0.3 is 9.47 Å². The van der Waals surface area contributed by atoms with E-state index in [4.69, 9.17) is 9.47 Å². The Morgan fingerprint density at radius 3 is 2.72 bits per heavy atom. The average molecular weight is 404 g/mol. The molecule has 0 radical (unpaired) electrons. The summed E-state index contributed by atoms with van der Waals surface area (Å²) in [6.45, 7) is 0.306. The maximum absolute atomic E-state index is 14.2. The Hall–Kier alpha value is -2.96. The van der Waals surface area contributed by atoms with E-state index >= 15 is 0 Å². The second-order valence-corrected chi connectivity index (χ2v) is 7.67. The molecule has 0 saturated carbocycles. The standard InChI is InChI=1S/C23H17FN2O2S/c24-18-10-16-12-27-23(15-6-2-1-3-7-15)28-21(16)17(11-18)13-29-22-19-8-4-5-9-20(19)25-14-26-22/h1-11,14,23H,12-13H2/t23-/m0/s1. The molecule has 3 aromatic carbocycles. The highest BCUT2D eigenvalue weighted by atomic mass is 32.2. The third-order valence-corrected chi connectivity index (χ3v) is 5.82. The Morgan fingerprint density at radius 2 is 1.83 bits per heavy atom. The van der Waals surface area contributed by atoms with Gasteiger partial charge in [0.15, 0.2) is 0 Å². The number of halogens is 1. The molecule has 0 amide bonds. The first-order valence-electron chi connectivity index (χ1n) is 9.25. The summed E-state index contributed by atoms with van der Waals surface area (Å²) in [7, 11) is 0. The number of aromatic nitrogens is 2. The topological polar surface area (TPSA) is 44.2 Å². The third kappa shape index (κ3) is 3.69. The lowest BCUT2D eigenvalue weighted by atomic mass is 10.1. The van der Waals surface area contributed by atoms with Crippen LogP contribution in [0.1, 0.15) is 23.0 Å². The molecule has 0 unspecified atom stereocenters. The molecule has 5 rings (SSSR count). The van der Waals surface area contributed by atoms with Crippen LogP contribution in [0, 0.1) is 5.82 Å². The van der Waals surface area contributed by atoms with Crippen LogP contribution in [0.2, 0.25) is 0 Å². The summed E-state index contributed by atoms with van der Waals surface area (Å²) in [5, 5.41) is 1.84. The zero-order valence-electron chi connectivity index (χ0n) is 15.4. The zero-order valence-corrected chi connectivity index (χ0v) is 16.2. The molecule has 29 heavy (non-hydrogen) atoms. The van der Waals surface area contributed by atoms with Gasteiger partial charge >= 0.3 is 0 Å². The van der Waals surface area contributed by atoms with Crippen LogP contribution in [-0.2, 0) is 17.1 Å². The molecule has 0 N–H and O–H groups in total. The molecule has 6 heteroatoms. The molecule has 1 aliphatic heterocycles. The van der Waals surface area contributed by atoms with Crippen LogP contribution in [0.5, 0.6) is 5.75 Å². The van der Waals surface area contributed by atoms with Crippen LogP contribution in [0.3, 0.4) is 0 Å². The molecule has 4 aromatic rings. The summed E-state index contributed by atoms with van der Waals surface area (Å²) in [4.78, 5) is 8.71. The van der Waals surface area contributed by atoms with Crippen molar-refractivity contribution in [2.24, 2.45) is 0 Å². The predicted octanol–water partition coefficient (Wildman–Crippen LogP) is 5.67. The largest absolute Gasteiger partial charge is 0.460 e. The highest BCUT2D eigenvalue weighted by molar-refractivity contribution is 7.98. The van der Waals surface area contributed by atoms with E-state index in [0.717, 1.165) is 32.6 Å². The monoisotopic (exact) mass is 404 g/mol. The van der Waals surface area contributed by atoms with Crippen molar-refractivity contribution in [3.63, 3.8) is 0 Å². The van der Waals surface area contributed by atoms with Crippen molar-refractivity contribution in [3.05, 3.63) is 95.6 Å². The Balaban J connectivity index is 1.44. The van der Waals surface area contributed by atoms with Crippen molar-refractivity contribution < 1.29 is 13.9 Å². The Bertz CT molecular complexity index is 1160. The number of hydrogen-bond acceptors (Lipinski definition) is 5. The molecule has 0 fully saturated rings. The van der Waals surface area contributed by atoms with Gasteiger partial charge in [-0.05, 0) is 18.2 Å². The summed E-state index contributed by atoms with van der Waals surface area (Å²) < 4.78 is 26.2. The van der Waals surface area contributed by atoms with E-state index in [1.807, 2.05) is 54.6 Å². The number of nitrogens with zero attached hydrogens (tertiary/aromatic N) is 2. The van der Waals surface area contributed by atoms with E-state index in [0.29, 0.717) is 18.1 Å². The molecule has 2 heterocycles. The van der Waals surface area contributed by atoms with E-state index in [2.05, 4.69) is 9.97 Å². The van der Waals surface area contributed by atoms with Gasteiger partial charge in [0.25, 0.3) is 0 Å². The van der Waals surface area contributed by atoms with Gasteiger partial charge in [0, 0.05) is 27.8 Å². The Labute approximate surface area is 171 Å². The summed E-state index contributed by atoms with van der Waals surface area (Å²) in [5.74, 6) is 0.928. The lowest BCUT2D eigenvalue weighted by Crippen LogP contribution is -2.19. The minimum Gasteiger partial charge on any atom is -0.460 e. The van der Waals surface area contributed by atoms with E-state index in [1.165, 1.54) is 12.1 Å². The first kappa shape index (κ1) is 18.1. The minimum atomic E-state index is -0.502. The van der Waals surface area contributed by atoms with Crippen LogP contribution < -0.4 is 4.74 Å². The number of thioether (sulfide) groups is 1. The minimum absolute atomic E-state index is 0.294. The molecule has 0 saturated heterocycles. The molecule has 144 valence electrons. The van der Waals surface area contributed by atoms with Gasteiger partial charge in [-0.15, -0.1) is 11.8 Å². The molecule has 1 atom stereocenters. The van der Waals surface area contributed by atoms with Crippen LogP contribution >= 0.6 is 11.8 Å². The van der Waals surface area contributed by atoms with Gasteiger partial charge in [-0.2, -0.15) is 0 Å². The van der Waals surface area contributed by atoms with E-state index in [-0.39, 0.29) is 5.82 Å². The van der Waals surface area contributed by atoms with Gasteiger partial charge in [0.1, 0.15) is 22.9 Å². The van der Waals surface area contributed by atoms with Gasteiger partial charge in [0.2, 0.25) is 6.29 Å². The zero-order chi connectivity index (χ0) is 19.6. The van der Waals surface area contributed by atoms with Crippen molar-refractivity contribution in [2.45, 2.75) is 23.7 Å². The quantitative estimate of drug-likeness (QED) is 0.324. The summed E-state index contributed by atoms with van der Waals surface area (Å²) in [5.41, 5.74) is 3.33. The van der Waals surface area contributed by atoms with Crippen molar-refractivity contribution in [1.29, 1.82) is 0 Å². The van der Waals surface area contributed by atoms with Gasteiger partial charge in [0.05, 0.1) is 12.1 Å². The van der Waals surface area contributed by atoms with Crippen LogP contribution in [-0.4, -0.2) is 9.97 Å². The fourth-order valence-electron chi connectivity index (χ4n) is 3.40. The average Bonchev–Trinajstić information content (AvgIpc) is 2.77. The molecular formula is C23H17FN2O2S. The molecule has 4 nitrogen and oxygen atoms in total. The molecule has 1 aromatic heterocycles. The number of benzene rings is 3. The first-order valence-corrected chi connectivity index (χ1v) is 10.2. The van der Waals surface area contributed by atoms with Gasteiger partial charge in [-0.1, -0.05) is 48.5 Å². The number of ether oxygens (including phenoxy) is 2. The molecule has 1 aliphatic rings. The van der Waals surface area contributed by atoms with Gasteiger partial charge in [-0.25, -0.2) is 14.4 Å². The van der Waals surface area contributed by atoms with Crippen LogP contribution in [0.25, 0.3) is 10.9 Å². The normalized spacial score (nSPS) is 15.7. The number of hydrogen-bond donors (Lipinski definition) is 0. The van der Waals surface area contributed by atoms with Gasteiger partial charge in [-0.3, -0.25) is 0 Å². The summed E-state index contributed by atoms with van der Waals surface area (Å²) in [6.07, 6.45) is 1.05. The highest BCUT2D eigenvalue weighted by Gasteiger charge is 2.25. The number of rotatable bonds is 4. The van der Waals surface area contributed by atoms with Crippen molar-refractivity contribution in [2.75, 3.05) is 0 Å². The lowest BCUT2D eigenvalue weighted by molar-refractivity contribution is -0.112. The van der Waals surface area contributed by atoms with Crippen molar-refractivity contribution in [1.82, 2.24) is 9.97 Å². The third-order valence-electron chi connectivity index (χ3n) is 4.77. The lowest BCUT2D eigenvalue weighted by Gasteiger charge is -2.28. The van der Waals surface area contributed by atoms with Crippen molar-refractivity contribution >= 4 is 22.7 Å². The molecular weight excluding hydrogens is 387 g/mol. The molecule has 0 aliphatic carbocycles. The smallest absolute Gasteiger partial charge is 0.227 e. The summed E-state index contributed by atoms with van der Waals surface area (Å²) >= 11 is 1.54. The fourth-order valence-corrected chi connectivity index (χ4v) is 4.36.